The molecule has 0 aliphatic rings. The Hall–Kier alpha value is -2.63. The number of halogens is 2. The van der Waals surface area contributed by atoms with Crippen molar-refractivity contribution in [2.24, 2.45) is 0 Å². The minimum absolute atomic E-state index is 0.0978. The van der Waals surface area contributed by atoms with E-state index >= 15 is 0 Å². The number of rotatable bonds is 9. The highest BCUT2D eigenvalue weighted by molar-refractivity contribution is 7.99. The highest BCUT2D eigenvalue weighted by Crippen LogP contribution is 2.26. The summed E-state index contributed by atoms with van der Waals surface area (Å²) in [5.41, 5.74) is 1.54. The number of anilines is 1. The Morgan fingerprint density at radius 3 is 2.63 bits per heavy atom. The molecular formula is C19H19F2N3O2S. The van der Waals surface area contributed by atoms with E-state index in [4.69, 9.17) is 5.26 Å². The number of carbonyl (C=O) groups is 1. The zero-order chi connectivity index (χ0) is 19.6. The molecule has 2 rings (SSSR count). The Bertz CT molecular complexity index is 794. The molecule has 0 unspecified atom stereocenters. The molecule has 0 aliphatic heterocycles. The normalized spacial score (nSPS) is 10.7. The number of thioether (sulfide) groups is 1. The molecule has 0 heterocycles. The summed E-state index contributed by atoms with van der Waals surface area (Å²) >= 11 is 1.36. The van der Waals surface area contributed by atoms with Crippen LogP contribution in [0.5, 0.6) is 5.75 Å². The van der Waals surface area contributed by atoms with Gasteiger partial charge in [-0.2, -0.15) is 14.0 Å². The molecule has 2 aromatic carbocycles. The molecule has 0 saturated heterocycles. The summed E-state index contributed by atoms with van der Waals surface area (Å²) in [6.45, 7) is -2.21. The molecule has 0 atom stereocenters. The van der Waals surface area contributed by atoms with Crippen molar-refractivity contribution in [1.82, 2.24) is 4.90 Å². The summed E-state index contributed by atoms with van der Waals surface area (Å²) in [7, 11) is 1.79. The van der Waals surface area contributed by atoms with Gasteiger partial charge in [-0.05, 0) is 36.9 Å². The summed E-state index contributed by atoms with van der Waals surface area (Å²) in [6, 6.07) is 15.7. The van der Waals surface area contributed by atoms with Crippen molar-refractivity contribution in [2.75, 3.05) is 24.7 Å². The minimum atomic E-state index is -2.85. The largest absolute Gasteiger partial charge is 0.435 e. The second kappa shape index (κ2) is 10.5. The topological polar surface area (TPSA) is 65.4 Å². The van der Waals surface area contributed by atoms with Crippen molar-refractivity contribution in [2.45, 2.75) is 18.1 Å². The maximum absolute atomic E-state index is 12.3. The van der Waals surface area contributed by atoms with E-state index < -0.39 is 6.61 Å². The molecule has 142 valence electrons. The Morgan fingerprint density at radius 2 is 1.96 bits per heavy atom. The smallest absolute Gasteiger partial charge is 0.387 e. The number of alkyl halides is 2. The molecule has 0 aliphatic carbocycles. The molecule has 0 saturated carbocycles. The average molecular weight is 391 g/mol. The van der Waals surface area contributed by atoms with Crippen molar-refractivity contribution in [3.05, 3.63) is 54.1 Å². The number of nitrogens with zero attached hydrogens (tertiary/aromatic N) is 2. The Balaban J connectivity index is 1.88. The lowest BCUT2D eigenvalue weighted by Gasteiger charge is -2.17. The van der Waals surface area contributed by atoms with Gasteiger partial charge in [0.1, 0.15) is 5.75 Å². The van der Waals surface area contributed by atoms with E-state index in [-0.39, 0.29) is 18.2 Å². The van der Waals surface area contributed by atoms with Crippen LogP contribution in [0.3, 0.4) is 0 Å². The van der Waals surface area contributed by atoms with E-state index in [0.717, 1.165) is 10.5 Å². The summed E-state index contributed by atoms with van der Waals surface area (Å²) in [6.07, 6.45) is 0. The van der Waals surface area contributed by atoms with Gasteiger partial charge in [0.2, 0.25) is 5.91 Å². The third kappa shape index (κ3) is 7.25. The number of benzene rings is 2. The van der Waals surface area contributed by atoms with Gasteiger partial charge in [0.25, 0.3) is 0 Å². The molecule has 5 nitrogen and oxygen atoms in total. The predicted molar refractivity (Wildman–Crippen MR) is 101 cm³/mol. The van der Waals surface area contributed by atoms with Crippen molar-refractivity contribution in [3.63, 3.8) is 0 Å². The van der Waals surface area contributed by atoms with Gasteiger partial charge >= 0.3 is 6.61 Å². The van der Waals surface area contributed by atoms with E-state index in [1.54, 1.807) is 25.2 Å². The Labute approximate surface area is 160 Å². The number of hydrogen-bond acceptors (Lipinski definition) is 5. The fraction of sp³-hybridized carbons (Fsp3) is 0.263. The number of nitrogens with one attached hydrogen (secondary N) is 1. The first-order valence-electron chi connectivity index (χ1n) is 8.09. The summed E-state index contributed by atoms with van der Waals surface area (Å²) in [5.74, 6) is 0.221. The Kier molecular flexibility index (Phi) is 8.04. The highest BCUT2D eigenvalue weighted by Gasteiger charge is 2.11. The molecule has 0 fully saturated rings. The van der Waals surface area contributed by atoms with Crippen molar-refractivity contribution in [3.8, 4) is 11.8 Å². The van der Waals surface area contributed by atoms with Crippen molar-refractivity contribution >= 4 is 23.4 Å². The predicted octanol–water partition coefficient (Wildman–Crippen LogP) is 3.97. The van der Waals surface area contributed by atoms with E-state index in [2.05, 4.69) is 16.1 Å². The lowest BCUT2D eigenvalue weighted by molar-refractivity contribution is -0.117. The van der Waals surface area contributed by atoms with Crippen LogP contribution in [0, 0.1) is 11.3 Å². The number of nitriles is 1. The number of amides is 1. The monoisotopic (exact) mass is 391 g/mol. The van der Waals surface area contributed by atoms with Gasteiger partial charge in [-0.1, -0.05) is 24.3 Å². The molecule has 0 bridgehead atoms. The van der Waals surface area contributed by atoms with Crippen LogP contribution >= 0.6 is 11.8 Å². The van der Waals surface area contributed by atoms with Gasteiger partial charge in [-0.15, -0.1) is 11.8 Å². The summed E-state index contributed by atoms with van der Waals surface area (Å²) in [5, 5.41) is 11.6. The highest BCUT2D eigenvalue weighted by atomic mass is 32.2. The summed E-state index contributed by atoms with van der Waals surface area (Å²) < 4.78 is 28.6. The minimum Gasteiger partial charge on any atom is -0.435 e. The fourth-order valence-corrected chi connectivity index (χ4v) is 3.05. The van der Waals surface area contributed by atoms with Crippen LogP contribution in [-0.4, -0.2) is 36.8 Å². The molecular weight excluding hydrogens is 372 g/mol. The number of ether oxygens (including phenoxy) is 1. The molecule has 1 amide bonds. The first-order valence-corrected chi connectivity index (χ1v) is 9.07. The van der Waals surface area contributed by atoms with Gasteiger partial charge in [-0.3, -0.25) is 9.69 Å². The molecule has 0 aromatic heterocycles. The molecule has 0 radical (unpaired) electrons. The Morgan fingerprint density at radius 1 is 1.26 bits per heavy atom. The van der Waals surface area contributed by atoms with Crippen LogP contribution < -0.4 is 10.1 Å². The zero-order valence-corrected chi connectivity index (χ0v) is 15.5. The summed E-state index contributed by atoms with van der Waals surface area (Å²) in [4.78, 5) is 14.9. The van der Waals surface area contributed by atoms with Crippen LogP contribution in [0.4, 0.5) is 14.5 Å². The molecule has 1 N–H and O–H groups in total. The zero-order valence-electron chi connectivity index (χ0n) is 14.7. The van der Waals surface area contributed by atoms with Gasteiger partial charge in [0, 0.05) is 11.4 Å². The molecule has 0 spiro atoms. The maximum atomic E-state index is 12.3. The standard InChI is InChI=1S/C19H19F2N3O2S/c1-24(12-14-6-8-15(9-7-14)26-19(20)21)13-18(25)23-16-4-2-3-5-17(16)27-11-10-22/h2-9,19H,11-13H2,1H3,(H,23,25). The number of para-hydroxylation sites is 1. The van der Waals surface area contributed by atoms with E-state index in [1.807, 2.05) is 23.1 Å². The second-order valence-corrected chi connectivity index (χ2v) is 6.70. The maximum Gasteiger partial charge on any atom is 0.387 e. The van der Waals surface area contributed by atoms with Gasteiger partial charge in [0.15, 0.2) is 0 Å². The third-order valence-electron chi connectivity index (χ3n) is 3.47. The first-order chi connectivity index (χ1) is 13.0. The quantitative estimate of drug-likeness (QED) is 0.655. The van der Waals surface area contributed by atoms with E-state index in [1.165, 1.54) is 23.9 Å². The molecule has 8 heteroatoms. The van der Waals surface area contributed by atoms with Crippen LogP contribution in [0.25, 0.3) is 0 Å². The van der Waals surface area contributed by atoms with Crippen molar-refractivity contribution < 1.29 is 18.3 Å². The second-order valence-electron chi connectivity index (χ2n) is 5.69. The number of likely N-dealkylation sites (N-methyl/N-ethyl adjacent to an activating group) is 1. The average Bonchev–Trinajstić information content (AvgIpc) is 2.62. The molecule has 27 heavy (non-hydrogen) atoms. The van der Waals surface area contributed by atoms with Gasteiger partial charge < -0.3 is 10.1 Å². The first kappa shape index (κ1) is 20.7. The SMILES string of the molecule is CN(CC(=O)Nc1ccccc1SCC#N)Cc1ccc(OC(F)F)cc1. The lowest BCUT2D eigenvalue weighted by Crippen LogP contribution is -2.30. The number of carbonyl (C=O) groups excluding carboxylic acids is 1. The van der Waals surface area contributed by atoms with E-state index in [9.17, 15) is 13.6 Å². The van der Waals surface area contributed by atoms with E-state index in [0.29, 0.717) is 18.0 Å². The fourth-order valence-electron chi connectivity index (χ4n) is 2.38. The number of hydrogen-bond donors (Lipinski definition) is 1. The lowest BCUT2D eigenvalue weighted by atomic mass is 10.2. The van der Waals surface area contributed by atoms with Gasteiger partial charge in [-0.25, -0.2) is 0 Å². The van der Waals surface area contributed by atoms with Crippen LogP contribution in [-0.2, 0) is 11.3 Å². The van der Waals surface area contributed by atoms with Crippen LogP contribution in [0.2, 0.25) is 0 Å². The molecule has 2 aromatic rings. The van der Waals surface area contributed by atoms with Gasteiger partial charge in [0.05, 0.1) is 24.1 Å². The van der Waals surface area contributed by atoms with Crippen LogP contribution in [0.15, 0.2) is 53.4 Å². The van der Waals surface area contributed by atoms with Crippen LogP contribution in [0.1, 0.15) is 5.56 Å². The van der Waals surface area contributed by atoms with Crippen molar-refractivity contribution in [1.29, 1.82) is 5.26 Å². The third-order valence-corrected chi connectivity index (χ3v) is 4.41.